The topological polar surface area (TPSA) is 66.8 Å². The minimum absolute atomic E-state index is 0.0111. The lowest BCUT2D eigenvalue weighted by atomic mass is 10.2. The quantitative estimate of drug-likeness (QED) is 0.651. The van der Waals surface area contributed by atoms with Crippen LogP contribution in [0.2, 0.25) is 0 Å². The molecule has 0 heterocycles. The van der Waals surface area contributed by atoms with Crippen molar-refractivity contribution in [2.45, 2.75) is 6.92 Å². The van der Waals surface area contributed by atoms with Gasteiger partial charge in [-0.15, -0.1) is 0 Å². The van der Waals surface area contributed by atoms with Crippen LogP contribution in [0.15, 0.2) is 0 Å². The van der Waals surface area contributed by atoms with Crippen molar-refractivity contribution >= 4 is 11.9 Å². The van der Waals surface area contributed by atoms with E-state index in [1.54, 1.807) is 14.0 Å². The Morgan fingerprint density at radius 3 is 2.46 bits per heavy atom. The molecule has 0 saturated heterocycles. The van der Waals surface area contributed by atoms with Gasteiger partial charge in [0.2, 0.25) is 5.91 Å². The largest absolute Gasteiger partial charge is 0.481 e. The van der Waals surface area contributed by atoms with Crippen molar-refractivity contribution in [1.29, 1.82) is 0 Å². The number of amides is 1. The number of nitrogens with zero attached hydrogens (tertiary/aromatic N) is 1. The first kappa shape index (κ1) is 11.9. The number of hydrogen-bond acceptors (Lipinski definition) is 3. The van der Waals surface area contributed by atoms with Crippen LogP contribution in [-0.2, 0) is 14.3 Å². The third-order valence-corrected chi connectivity index (χ3v) is 1.66. The van der Waals surface area contributed by atoms with Gasteiger partial charge in [0, 0.05) is 20.7 Å². The third-order valence-electron chi connectivity index (χ3n) is 1.66. The summed E-state index contributed by atoms with van der Waals surface area (Å²) in [7, 11) is 2.98. The van der Waals surface area contributed by atoms with Crippen LogP contribution >= 0.6 is 0 Å². The Labute approximate surface area is 77.3 Å². The Hall–Kier alpha value is -1.10. The van der Waals surface area contributed by atoms with Gasteiger partial charge in [0.25, 0.3) is 0 Å². The number of methoxy groups -OCH3 is 1. The van der Waals surface area contributed by atoms with Gasteiger partial charge in [-0.05, 0) is 0 Å². The molecule has 0 saturated carbocycles. The first-order valence-electron chi connectivity index (χ1n) is 3.94. The molecule has 0 aromatic rings. The first-order valence-corrected chi connectivity index (χ1v) is 3.94. The summed E-state index contributed by atoms with van der Waals surface area (Å²) in [4.78, 5) is 22.9. The molecule has 1 amide bonds. The highest BCUT2D eigenvalue weighted by atomic mass is 16.5. The highest BCUT2D eigenvalue weighted by Crippen LogP contribution is 1.98. The molecule has 5 nitrogen and oxygen atoms in total. The number of aliphatic carboxylic acids is 1. The summed E-state index contributed by atoms with van der Waals surface area (Å²) >= 11 is 0. The van der Waals surface area contributed by atoms with Gasteiger partial charge in [-0.3, -0.25) is 9.59 Å². The fraction of sp³-hybridized carbons (Fsp3) is 0.750. The number of carbonyl (C=O) groups excluding carboxylic acids is 1. The van der Waals surface area contributed by atoms with Crippen molar-refractivity contribution in [1.82, 2.24) is 4.90 Å². The second kappa shape index (κ2) is 5.53. The van der Waals surface area contributed by atoms with Crippen molar-refractivity contribution in [3.05, 3.63) is 0 Å². The predicted octanol–water partition coefficient (Wildman–Crippen LogP) is -0.188. The number of hydrogen-bond donors (Lipinski definition) is 1. The Morgan fingerprint density at radius 1 is 1.54 bits per heavy atom. The number of carboxylic acid groups (broad SMARTS) is 1. The summed E-state index contributed by atoms with van der Waals surface area (Å²) in [5.74, 6) is -1.67. The lowest BCUT2D eigenvalue weighted by molar-refractivity contribution is -0.143. The van der Waals surface area contributed by atoms with E-state index in [0.717, 1.165) is 0 Å². The smallest absolute Gasteiger partial charge is 0.308 e. The number of likely N-dealkylation sites (N-methyl/N-ethyl adjacent to an activating group) is 1. The SMILES string of the molecule is COCC(=O)N(C)CC(C)C(=O)O. The van der Waals surface area contributed by atoms with Crippen molar-refractivity contribution in [2.24, 2.45) is 5.92 Å². The van der Waals surface area contributed by atoms with Gasteiger partial charge < -0.3 is 14.7 Å². The fourth-order valence-corrected chi connectivity index (χ4v) is 0.824. The van der Waals surface area contributed by atoms with Crippen LogP contribution in [0.25, 0.3) is 0 Å². The molecule has 0 rings (SSSR count). The predicted molar refractivity (Wildman–Crippen MR) is 46.3 cm³/mol. The lowest BCUT2D eigenvalue weighted by Gasteiger charge is -2.18. The van der Waals surface area contributed by atoms with Gasteiger partial charge in [-0.1, -0.05) is 6.92 Å². The maximum atomic E-state index is 11.1. The fourth-order valence-electron chi connectivity index (χ4n) is 0.824. The number of carbonyl (C=O) groups is 2. The summed E-state index contributed by atoms with van der Waals surface area (Å²) in [5.41, 5.74) is 0. The third kappa shape index (κ3) is 4.47. The maximum absolute atomic E-state index is 11.1. The minimum Gasteiger partial charge on any atom is -0.481 e. The highest BCUT2D eigenvalue weighted by molar-refractivity contribution is 5.78. The van der Waals surface area contributed by atoms with E-state index in [1.165, 1.54) is 12.0 Å². The maximum Gasteiger partial charge on any atom is 0.308 e. The van der Waals surface area contributed by atoms with Crippen molar-refractivity contribution in [3.63, 3.8) is 0 Å². The lowest BCUT2D eigenvalue weighted by Crippen LogP contribution is -2.35. The second-order valence-corrected chi connectivity index (χ2v) is 2.95. The van der Waals surface area contributed by atoms with Crippen molar-refractivity contribution in [2.75, 3.05) is 27.3 Å². The zero-order chi connectivity index (χ0) is 10.4. The molecule has 0 radical (unpaired) electrons. The van der Waals surface area contributed by atoms with E-state index >= 15 is 0 Å². The molecule has 13 heavy (non-hydrogen) atoms. The van der Waals surface area contributed by atoms with Crippen LogP contribution in [0, 0.1) is 5.92 Å². The van der Waals surface area contributed by atoms with Gasteiger partial charge in [-0.2, -0.15) is 0 Å². The van der Waals surface area contributed by atoms with E-state index < -0.39 is 11.9 Å². The van der Waals surface area contributed by atoms with Crippen LogP contribution in [0.5, 0.6) is 0 Å². The van der Waals surface area contributed by atoms with Crippen molar-refractivity contribution < 1.29 is 19.4 Å². The van der Waals surface area contributed by atoms with Gasteiger partial charge in [0.05, 0.1) is 5.92 Å². The zero-order valence-electron chi connectivity index (χ0n) is 8.11. The van der Waals surface area contributed by atoms with E-state index in [9.17, 15) is 9.59 Å². The van der Waals surface area contributed by atoms with Crippen molar-refractivity contribution in [3.8, 4) is 0 Å². The molecule has 0 aliphatic carbocycles. The number of ether oxygens (including phenoxy) is 1. The van der Waals surface area contributed by atoms with Crippen LogP contribution < -0.4 is 0 Å². The molecule has 1 N–H and O–H groups in total. The molecule has 5 heteroatoms. The standard InChI is InChI=1S/C8H15NO4/c1-6(8(11)12)4-9(2)7(10)5-13-3/h6H,4-5H2,1-3H3,(H,11,12). The Morgan fingerprint density at radius 2 is 2.08 bits per heavy atom. The molecular weight excluding hydrogens is 174 g/mol. The molecule has 0 fully saturated rings. The molecule has 1 unspecified atom stereocenters. The molecular formula is C8H15NO4. The van der Waals surface area contributed by atoms with Gasteiger partial charge in [0.1, 0.15) is 6.61 Å². The Kier molecular flexibility index (Phi) is 5.06. The van der Waals surface area contributed by atoms with Crippen LogP contribution in [0.4, 0.5) is 0 Å². The van der Waals surface area contributed by atoms with E-state index in [0.29, 0.717) is 0 Å². The second-order valence-electron chi connectivity index (χ2n) is 2.95. The summed E-state index contributed by atoms with van der Waals surface area (Å²) in [6.45, 7) is 1.75. The van der Waals surface area contributed by atoms with E-state index in [1.807, 2.05) is 0 Å². The monoisotopic (exact) mass is 189 g/mol. The molecule has 76 valence electrons. The summed E-state index contributed by atoms with van der Waals surface area (Å²) in [6, 6.07) is 0. The molecule has 1 atom stereocenters. The molecule has 0 bridgehead atoms. The van der Waals surface area contributed by atoms with E-state index in [4.69, 9.17) is 5.11 Å². The van der Waals surface area contributed by atoms with Crippen LogP contribution in [0.3, 0.4) is 0 Å². The summed E-state index contributed by atoms with van der Waals surface area (Å²) in [5, 5.41) is 8.57. The van der Waals surface area contributed by atoms with E-state index in [2.05, 4.69) is 4.74 Å². The van der Waals surface area contributed by atoms with Gasteiger partial charge >= 0.3 is 5.97 Å². The summed E-state index contributed by atoms with van der Waals surface area (Å²) in [6.07, 6.45) is 0. The minimum atomic E-state index is -0.905. The van der Waals surface area contributed by atoms with Gasteiger partial charge in [-0.25, -0.2) is 0 Å². The van der Waals surface area contributed by atoms with E-state index in [-0.39, 0.29) is 19.1 Å². The molecule has 0 aromatic heterocycles. The Bertz CT molecular complexity index is 193. The Balaban J connectivity index is 3.92. The first-order chi connectivity index (χ1) is 5.99. The summed E-state index contributed by atoms with van der Waals surface area (Å²) < 4.78 is 4.63. The zero-order valence-corrected chi connectivity index (χ0v) is 8.11. The van der Waals surface area contributed by atoms with Crippen LogP contribution in [0.1, 0.15) is 6.92 Å². The molecule has 0 aromatic carbocycles. The molecule has 0 aliphatic heterocycles. The molecule has 0 aliphatic rings. The van der Waals surface area contributed by atoms with Gasteiger partial charge in [0.15, 0.2) is 0 Å². The average molecular weight is 189 g/mol. The number of rotatable bonds is 5. The highest BCUT2D eigenvalue weighted by Gasteiger charge is 2.16. The normalized spacial score (nSPS) is 12.2. The molecule has 0 spiro atoms. The average Bonchev–Trinajstić information content (AvgIpc) is 2.04. The van der Waals surface area contributed by atoms with Crippen LogP contribution in [-0.4, -0.2) is 49.2 Å². The number of carboxylic acids is 1.